The fourth-order valence-corrected chi connectivity index (χ4v) is 2.00. The first-order valence-electron chi connectivity index (χ1n) is 6.57. The van der Waals surface area contributed by atoms with E-state index in [1.807, 2.05) is 6.07 Å². The summed E-state index contributed by atoms with van der Waals surface area (Å²) in [5, 5.41) is 0. The van der Waals surface area contributed by atoms with Crippen molar-refractivity contribution >= 4 is 0 Å². The Morgan fingerprint density at radius 1 is 0.889 bits per heavy atom. The highest BCUT2D eigenvalue weighted by Gasteiger charge is 2.04. The molecule has 2 aromatic rings. The van der Waals surface area contributed by atoms with Crippen molar-refractivity contribution in [3.8, 4) is 0 Å². The monoisotopic (exact) mass is 240 g/mol. The standard InChI is InChI=1S/C17H20O/c1-15(17-12-6-3-7-13-17)18-14-8-11-16-9-4-2-5-10-16/h2-7,9-10,12-13,15H,8,11,14H2,1H3. The van der Waals surface area contributed by atoms with Gasteiger partial charge in [-0.15, -0.1) is 0 Å². The highest BCUT2D eigenvalue weighted by atomic mass is 16.5. The van der Waals surface area contributed by atoms with E-state index < -0.39 is 0 Å². The van der Waals surface area contributed by atoms with Crippen LogP contribution in [0, 0.1) is 0 Å². The molecule has 1 unspecified atom stereocenters. The molecule has 0 heterocycles. The van der Waals surface area contributed by atoms with E-state index in [0.717, 1.165) is 19.4 Å². The van der Waals surface area contributed by atoms with Crippen molar-refractivity contribution in [3.63, 3.8) is 0 Å². The van der Waals surface area contributed by atoms with Crippen molar-refractivity contribution in [3.05, 3.63) is 71.8 Å². The van der Waals surface area contributed by atoms with Crippen LogP contribution in [0.15, 0.2) is 60.7 Å². The van der Waals surface area contributed by atoms with Gasteiger partial charge in [0.15, 0.2) is 0 Å². The molecule has 0 amide bonds. The van der Waals surface area contributed by atoms with Crippen LogP contribution >= 0.6 is 0 Å². The molecule has 0 aliphatic heterocycles. The van der Waals surface area contributed by atoms with Crippen molar-refractivity contribution in [2.75, 3.05) is 6.61 Å². The molecule has 1 atom stereocenters. The van der Waals surface area contributed by atoms with Crippen LogP contribution in [-0.2, 0) is 11.2 Å². The first-order chi connectivity index (χ1) is 8.86. The summed E-state index contributed by atoms with van der Waals surface area (Å²) in [6.45, 7) is 2.92. The predicted octanol–water partition coefficient (Wildman–Crippen LogP) is 4.40. The Kier molecular flexibility index (Phi) is 4.98. The van der Waals surface area contributed by atoms with Crippen LogP contribution in [0.2, 0.25) is 0 Å². The molecule has 0 radical (unpaired) electrons. The molecule has 0 aromatic heterocycles. The van der Waals surface area contributed by atoms with Gasteiger partial charge in [0.05, 0.1) is 6.10 Å². The number of ether oxygens (including phenoxy) is 1. The summed E-state index contributed by atoms with van der Waals surface area (Å²) in [5.41, 5.74) is 2.63. The molecule has 0 N–H and O–H groups in total. The van der Waals surface area contributed by atoms with E-state index in [4.69, 9.17) is 4.74 Å². The molecular formula is C17H20O. The van der Waals surface area contributed by atoms with Crippen LogP contribution in [0.25, 0.3) is 0 Å². The third-order valence-corrected chi connectivity index (χ3v) is 3.09. The molecule has 0 saturated carbocycles. The van der Waals surface area contributed by atoms with Crippen LogP contribution < -0.4 is 0 Å². The van der Waals surface area contributed by atoms with Crippen molar-refractivity contribution in [1.82, 2.24) is 0 Å². The molecule has 1 nitrogen and oxygen atoms in total. The van der Waals surface area contributed by atoms with Crippen molar-refractivity contribution < 1.29 is 4.74 Å². The Bertz CT molecular complexity index is 436. The van der Waals surface area contributed by atoms with Gasteiger partial charge in [-0.25, -0.2) is 0 Å². The van der Waals surface area contributed by atoms with E-state index in [9.17, 15) is 0 Å². The maximum atomic E-state index is 5.85. The van der Waals surface area contributed by atoms with Gasteiger partial charge in [0.1, 0.15) is 0 Å². The van der Waals surface area contributed by atoms with Gasteiger partial charge >= 0.3 is 0 Å². The molecule has 0 fully saturated rings. The van der Waals surface area contributed by atoms with Crippen LogP contribution in [-0.4, -0.2) is 6.61 Å². The minimum absolute atomic E-state index is 0.182. The van der Waals surface area contributed by atoms with Crippen LogP contribution in [0.3, 0.4) is 0 Å². The lowest BCUT2D eigenvalue weighted by molar-refractivity contribution is 0.0641. The van der Waals surface area contributed by atoms with Gasteiger partial charge < -0.3 is 4.74 Å². The average Bonchev–Trinajstić information content (AvgIpc) is 2.45. The third kappa shape index (κ3) is 4.01. The summed E-state index contributed by atoms with van der Waals surface area (Å²) in [6, 6.07) is 20.9. The number of aryl methyl sites for hydroxylation is 1. The lowest BCUT2D eigenvalue weighted by atomic mass is 10.1. The van der Waals surface area contributed by atoms with E-state index in [-0.39, 0.29) is 6.10 Å². The lowest BCUT2D eigenvalue weighted by Gasteiger charge is -2.13. The van der Waals surface area contributed by atoms with Crippen LogP contribution in [0.4, 0.5) is 0 Å². The van der Waals surface area contributed by atoms with Crippen molar-refractivity contribution in [2.24, 2.45) is 0 Å². The molecule has 2 rings (SSSR count). The maximum Gasteiger partial charge on any atom is 0.0796 e. The minimum Gasteiger partial charge on any atom is -0.374 e. The molecule has 0 bridgehead atoms. The first kappa shape index (κ1) is 12.8. The topological polar surface area (TPSA) is 9.23 Å². The van der Waals surface area contributed by atoms with Gasteiger partial charge in [-0.3, -0.25) is 0 Å². The summed E-state index contributed by atoms with van der Waals surface area (Å²) >= 11 is 0. The fraction of sp³-hybridized carbons (Fsp3) is 0.294. The SMILES string of the molecule is CC(OCCCc1ccccc1)c1ccccc1. The molecule has 1 heteroatoms. The molecule has 0 aliphatic carbocycles. The van der Waals surface area contributed by atoms with E-state index >= 15 is 0 Å². The maximum absolute atomic E-state index is 5.85. The quantitative estimate of drug-likeness (QED) is 0.680. The van der Waals surface area contributed by atoms with Crippen molar-refractivity contribution in [2.45, 2.75) is 25.9 Å². The summed E-state index contributed by atoms with van der Waals surface area (Å²) in [7, 11) is 0. The second-order valence-corrected chi connectivity index (χ2v) is 4.51. The van der Waals surface area contributed by atoms with Crippen LogP contribution in [0.5, 0.6) is 0 Å². The van der Waals surface area contributed by atoms with Crippen molar-refractivity contribution in [1.29, 1.82) is 0 Å². The number of hydrogen-bond donors (Lipinski definition) is 0. The number of benzene rings is 2. The zero-order chi connectivity index (χ0) is 12.6. The molecule has 18 heavy (non-hydrogen) atoms. The van der Waals surface area contributed by atoms with Gasteiger partial charge in [-0.2, -0.15) is 0 Å². The summed E-state index contributed by atoms with van der Waals surface area (Å²) < 4.78 is 5.85. The molecule has 94 valence electrons. The van der Waals surface area contributed by atoms with Gasteiger partial charge in [-0.1, -0.05) is 60.7 Å². The Morgan fingerprint density at radius 3 is 2.17 bits per heavy atom. The van der Waals surface area contributed by atoms with E-state index in [1.54, 1.807) is 0 Å². The zero-order valence-electron chi connectivity index (χ0n) is 10.9. The van der Waals surface area contributed by atoms with E-state index in [0.29, 0.717) is 0 Å². The molecule has 2 aromatic carbocycles. The number of rotatable bonds is 6. The highest BCUT2D eigenvalue weighted by molar-refractivity contribution is 5.17. The average molecular weight is 240 g/mol. The fourth-order valence-electron chi connectivity index (χ4n) is 2.00. The Balaban J connectivity index is 1.70. The summed E-state index contributed by atoms with van der Waals surface area (Å²) in [6.07, 6.45) is 2.34. The third-order valence-electron chi connectivity index (χ3n) is 3.09. The highest BCUT2D eigenvalue weighted by Crippen LogP contribution is 2.16. The Labute approximate surface area is 109 Å². The lowest BCUT2D eigenvalue weighted by Crippen LogP contribution is -2.02. The summed E-state index contributed by atoms with van der Waals surface area (Å²) in [4.78, 5) is 0. The normalized spacial score (nSPS) is 12.3. The minimum atomic E-state index is 0.182. The Morgan fingerprint density at radius 2 is 1.50 bits per heavy atom. The molecule has 0 spiro atoms. The van der Waals surface area contributed by atoms with Gasteiger partial charge in [0, 0.05) is 6.61 Å². The van der Waals surface area contributed by atoms with E-state index in [2.05, 4.69) is 61.5 Å². The summed E-state index contributed by atoms with van der Waals surface area (Å²) in [5.74, 6) is 0. The first-order valence-corrected chi connectivity index (χ1v) is 6.57. The van der Waals surface area contributed by atoms with E-state index in [1.165, 1.54) is 11.1 Å². The van der Waals surface area contributed by atoms with Crippen LogP contribution in [0.1, 0.15) is 30.6 Å². The predicted molar refractivity (Wildman–Crippen MR) is 75.6 cm³/mol. The number of hydrogen-bond acceptors (Lipinski definition) is 1. The zero-order valence-corrected chi connectivity index (χ0v) is 10.9. The second kappa shape index (κ2) is 6.97. The van der Waals surface area contributed by atoms with Gasteiger partial charge in [-0.05, 0) is 30.9 Å². The molecule has 0 aliphatic rings. The largest absolute Gasteiger partial charge is 0.374 e. The molecular weight excluding hydrogens is 220 g/mol. The smallest absolute Gasteiger partial charge is 0.0796 e. The Hall–Kier alpha value is -1.60. The second-order valence-electron chi connectivity index (χ2n) is 4.51. The van der Waals surface area contributed by atoms with Gasteiger partial charge in [0.2, 0.25) is 0 Å². The molecule has 0 saturated heterocycles. The van der Waals surface area contributed by atoms with Gasteiger partial charge in [0.25, 0.3) is 0 Å².